The highest BCUT2D eigenvalue weighted by Crippen LogP contribution is 2.26. The minimum Gasteiger partial charge on any atom is -0.384 e. The van der Waals surface area contributed by atoms with E-state index >= 15 is 0 Å². The van der Waals surface area contributed by atoms with Crippen LogP contribution in [0.2, 0.25) is 0 Å². The first kappa shape index (κ1) is 14.3. The lowest BCUT2D eigenvalue weighted by Gasteiger charge is -2.20. The van der Waals surface area contributed by atoms with Crippen LogP contribution in [0.3, 0.4) is 0 Å². The van der Waals surface area contributed by atoms with Crippen LogP contribution in [0.4, 0.5) is 5.69 Å². The van der Waals surface area contributed by atoms with Crippen molar-refractivity contribution >= 4 is 15.7 Å². The molecule has 5 heteroatoms. The van der Waals surface area contributed by atoms with Gasteiger partial charge in [-0.15, -0.1) is 0 Å². The predicted molar refractivity (Wildman–Crippen MR) is 78.0 cm³/mol. The summed E-state index contributed by atoms with van der Waals surface area (Å²) in [7, 11) is -3.34. The summed E-state index contributed by atoms with van der Waals surface area (Å²) in [6, 6.07) is 5.41. The first-order valence-corrected chi connectivity index (χ1v) is 8.40. The molecule has 1 N–H and O–H groups in total. The zero-order valence-electron chi connectivity index (χ0n) is 11.6. The number of hydrogen-bond donors (Lipinski definition) is 1. The van der Waals surface area contributed by atoms with E-state index in [2.05, 4.69) is 12.2 Å². The molecule has 4 nitrogen and oxygen atoms in total. The van der Waals surface area contributed by atoms with Crippen molar-refractivity contribution in [1.82, 2.24) is 4.31 Å². The molecule has 0 saturated carbocycles. The van der Waals surface area contributed by atoms with Gasteiger partial charge in [0.05, 0.1) is 4.90 Å². The largest absolute Gasteiger partial charge is 0.384 e. The van der Waals surface area contributed by atoms with E-state index in [9.17, 15) is 8.42 Å². The Bertz CT molecular complexity index is 540. The van der Waals surface area contributed by atoms with E-state index in [1.807, 2.05) is 19.1 Å². The van der Waals surface area contributed by atoms with Gasteiger partial charge in [0, 0.05) is 25.3 Å². The Morgan fingerprint density at radius 3 is 2.79 bits per heavy atom. The molecule has 1 aliphatic rings. The van der Waals surface area contributed by atoms with Crippen LogP contribution >= 0.6 is 0 Å². The zero-order valence-corrected chi connectivity index (χ0v) is 12.5. The van der Waals surface area contributed by atoms with Crippen LogP contribution in [0.15, 0.2) is 23.1 Å². The van der Waals surface area contributed by atoms with Gasteiger partial charge in [-0.1, -0.05) is 20.3 Å². The highest BCUT2D eigenvalue weighted by atomic mass is 32.2. The lowest BCUT2D eigenvalue weighted by atomic mass is 10.2. The SMILES string of the molecule is CCCCN(CC)S(=O)(=O)c1ccc2c(c1)CCN2. The molecule has 0 aliphatic carbocycles. The molecule has 1 aliphatic heterocycles. The second-order valence-corrected chi connectivity index (χ2v) is 6.78. The van der Waals surface area contributed by atoms with E-state index in [1.165, 1.54) is 0 Å². The number of nitrogens with zero attached hydrogens (tertiary/aromatic N) is 1. The monoisotopic (exact) mass is 282 g/mol. The Labute approximate surface area is 115 Å². The van der Waals surface area contributed by atoms with Crippen LogP contribution in [0, 0.1) is 0 Å². The van der Waals surface area contributed by atoms with Crippen molar-refractivity contribution in [3.8, 4) is 0 Å². The fraction of sp³-hybridized carbons (Fsp3) is 0.571. The summed E-state index contributed by atoms with van der Waals surface area (Å²) in [4.78, 5) is 0.424. The smallest absolute Gasteiger partial charge is 0.243 e. The molecule has 0 spiro atoms. The quantitative estimate of drug-likeness (QED) is 0.872. The second kappa shape index (κ2) is 5.92. The van der Waals surface area contributed by atoms with E-state index in [0.29, 0.717) is 18.0 Å². The number of unbranched alkanes of at least 4 members (excludes halogenated alkanes) is 1. The van der Waals surface area contributed by atoms with Crippen molar-refractivity contribution in [2.24, 2.45) is 0 Å². The van der Waals surface area contributed by atoms with Gasteiger partial charge in [0.1, 0.15) is 0 Å². The molecular weight excluding hydrogens is 260 g/mol. The summed E-state index contributed by atoms with van der Waals surface area (Å²) < 4.78 is 26.7. The molecule has 2 rings (SSSR count). The number of fused-ring (bicyclic) bond motifs is 1. The number of hydrogen-bond acceptors (Lipinski definition) is 3. The van der Waals surface area contributed by atoms with Gasteiger partial charge in [0.2, 0.25) is 10.0 Å². The number of rotatable bonds is 6. The van der Waals surface area contributed by atoms with Crippen molar-refractivity contribution in [2.75, 3.05) is 25.0 Å². The van der Waals surface area contributed by atoms with Gasteiger partial charge < -0.3 is 5.32 Å². The van der Waals surface area contributed by atoms with Gasteiger partial charge in [-0.2, -0.15) is 4.31 Å². The molecular formula is C14H22N2O2S. The molecule has 0 radical (unpaired) electrons. The minimum atomic E-state index is -3.34. The molecule has 0 fully saturated rings. The maximum atomic E-state index is 12.6. The van der Waals surface area contributed by atoms with Crippen molar-refractivity contribution in [1.29, 1.82) is 0 Å². The number of anilines is 1. The zero-order chi connectivity index (χ0) is 13.9. The lowest BCUT2D eigenvalue weighted by Crippen LogP contribution is -2.31. The van der Waals surface area contributed by atoms with Gasteiger partial charge in [0.25, 0.3) is 0 Å². The van der Waals surface area contributed by atoms with Crippen molar-refractivity contribution < 1.29 is 8.42 Å². The van der Waals surface area contributed by atoms with E-state index in [1.54, 1.807) is 10.4 Å². The third kappa shape index (κ3) is 2.92. The number of sulfonamides is 1. The Morgan fingerprint density at radius 2 is 2.11 bits per heavy atom. The molecule has 0 unspecified atom stereocenters. The van der Waals surface area contributed by atoms with Crippen molar-refractivity contribution in [3.05, 3.63) is 23.8 Å². The van der Waals surface area contributed by atoms with E-state index < -0.39 is 10.0 Å². The lowest BCUT2D eigenvalue weighted by molar-refractivity contribution is 0.419. The van der Waals surface area contributed by atoms with Crippen LogP contribution < -0.4 is 5.32 Å². The van der Waals surface area contributed by atoms with Crippen molar-refractivity contribution in [2.45, 2.75) is 38.0 Å². The topological polar surface area (TPSA) is 49.4 Å². The summed E-state index contributed by atoms with van der Waals surface area (Å²) in [5, 5.41) is 3.25. The fourth-order valence-corrected chi connectivity index (χ4v) is 3.91. The first-order chi connectivity index (χ1) is 9.09. The second-order valence-electron chi connectivity index (χ2n) is 4.85. The van der Waals surface area contributed by atoms with Crippen molar-refractivity contribution in [3.63, 3.8) is 0 Å². The Hall–Kier alpha value is -1.07. The first-order valence-electron chi connectivity index (χ1n) is 6.96. The van der Waals surface area contributed by atoms with Gasteiger partial charge in [-0.05, 0) is 36.6 Å². The van der Waals surface area contributed by atoms with Gasteiger partial charge >= 0.3 is 0 Å². The average molecular weight is 282 g/mol. The maximum absolute atomic E-state index is 12.6. The fourth-order valence-electron chi connectivity index (χ4n) is 2.37. The third-order valence-electron chi connectivity index (χ3n) is 3.54. The van der Waals surface area contributed by atoms with Gasteiger partial charge in [0.15, 0.2) is 0 Å². The molecule has 0 atom stereocenters. The molecule has 0 saturated heterocycles. The molecule has 1 aromatic rings. The third-order valence-corrected chi connectivity index (χ3v) is 5.51. The molecule has 106 valence electrons. The standard InChI is InChI=1S/C14H22N2O2S/c1-3-5-10-16(4-2)19(17,18)13-6-7-14-12(11-13)8-9-15-14/h6-7,11,15H,3-5,8-10H2,1-2H3. The molecule has 0 aromatic heterocycles. The minimum absolute atomic E-state index is 0.424. The number of nitrogens with one attached hydrogen (secondary N) is 1. The summed E-state index contributed by atoms with van der Waals surface area (Å²) in [6.07, 6.45) is 2.81. The Kier molecular flexibility index (Phi) is 4.47. The van der Waals surface area contributed by atoms with Crippen LogP contribution in [0.5, 0.6) is 0 Å². The molecule has 0 bridgehead atoms. The Morgan fingerprint density at radius 1 is 1.32 bits per heavy atom. The van der Waals surface area contributed by atoms with Crippen LogP contribution in [0.1, 0.15) is 32.3 Å². The average Bonchev–Trinajstić information content (AvgIpc) is 2.86. The van der Waals surface area contributed by atoms with Gasteiger partial charge in [-0.3, -0.25) is 0 Å². The Balaban J connectivity index is 2.27. The molecule has 1 aromatic carbocycles. The maximum Gasteiger partial charge on any atom is 0.243 e. The predicted octanol–water partition coefficient (Wildman–Crippen LogP) is 2.47. The molecule has 1 heterocycles. The van der Waals surface area contributed by atoms with Gasteiger partial charge in [-0.25, -0.2) is 8.42 Å². The number of benzene rings is 1. The summed E-state index contributed by atoms with van der Waals surface area (Å²) in [5.74, 6) is 0. The van der Waals surface area contributed by atoms with E-state index in [-0.39, 0.29) is 0 Å². The van der Waals surface area contributed by atoms with E-state index in [0.717, 1.165) is 37.1 Å². The van der Waals surface area contributed by atoms with Crippen LogP contribution in [0.25, 0.3) is 0 Å². The van der Waals surface area contributed by atoms with E-state index in [4.69, 9.17) is 0 Å². The van der Waals surface area contributed by atoms with Crippen LogP contribution in [-0.4, -0.2) is 32.4 Å². The van der Waals surface area contributed by atoms with Crippen LogP contribution in [-0.2, 0) is 16.4 Å². The summed E-state index contributed by atoms with van der Waals surface area (Å²) >= 11 is 0. The molecule has 19 heavy (non-hydrogen) atoms. The summed E-state index contributed by atoms with van der Waals surface area (Å²) in [5.41, 5.74) is 2.17. The summed E-state index contributed by atoms with van der Waals surface area (Å²) in [6.45, 7) is 5.98. The normalized spacial score (nSPS) is 14.5. The highest BCUT2D eigenvalue weighted by Gasteiger charge is 2.24. The molecule has 0 amide bonds. The highest BCUT2D eigenvalue weighted by molar-refractivity contribution is 7.89.